The summed E-state index contributed by atoms with van der Waals surface area (Å²) in [5, 5.41) is 7.19. The summed E-state index contributed by atoms with van der Waals surface area (Å²) in [6.45, 7) is 1.73. The number of hydrogen-bond acceptors (Lipinski definition) is 4. The Morgan fingerprint density at radius 1 is 1.06 bits per heavy atom. The van der Waals surface area contributed by atoms with E-state index >= 15 is 0 Å². The van der Waals surface area contributed by atoms with Crippen LogP contribution in [0.1, 0.15) is 11.3 Å². The third kappa shape index (κ3) is 5.25. The first-order valence-corrected chi connectivity index (χ1v) is 11.4. The molecule has 0 saturated heterocycles. The summed E-state index contributed by atoms with van der Waals surface area (Å²) in [7, 11) is 0. The number of nitrogens with zero attached hydrogens (tertiary/aromatic N) is 2. The van der Waals surface area contributed by atoms with E-state index in [4.69, 9.17) is 58.0 Å². The van der Waals surface area contributed by atoms with Gasteiger partial charge in [-0.2, -0.15) is 5.10 Å². The van der Waals surface area contributed by atoms with Crippen LogP contribution >= 0.6 is 69.8 Å². The van der Waals surface area contributed by atoms with Gasteiger partial charge in [-0.3, -0.25) is 14.7 Å². The summed E-state index contributed by atoms with van der Waals surface area (Å²) in [4.78, 5) is 25.1. The second-order valence-electron chi connectivity index (χ2n) is 6.11. The van der Waals surface area contributed by atoms with E-state index in [0.29, 0.717) is 21.8 Å². The van der Waals surface area contributed by atoms with E-state index in [0.717, 1.165) is 11.8 Å². The molecule has 3 rings (SSSR count). The third-order valence-corrected chi connectivity index (χ3v) is 7.64. The third-order valence-electron chi connectivity index (χ3n) is 4.03. The number of halogens is 5. The number of benzene rings is 2. The lowest BCUT2D eigenvalue weighted by atomic mass is 10.3. The molecule has 0 atom stereocenters. The Hall–Kier alpha value is -1.61. The van der Waals surface area contributed by atoms with Crippen molar-refractivity contribution < 1.29 is 4.79 Å². The molecule has 6 nitrogen and oxygen atoms in total. The normalized spacial score (nSPS) is 11.3. The zero-order valence-corrected chi connectivity index (χ0v) is 20.3. The van der Waals surface area contributed by atoms with Crippen LogP contribution in [0.5, 0.6) is 0 Å². The zero-order valence-electron chi connectivity index (χ0n) is 15.7. The molecule has 1 aromatic heterocycles. The number of para-hydroxylation sites is 1. The lowest BCUT2D eigenvalue weighted by Crippen LogP contribution is -2.21. The molecule has 0 radical (unpaired) electrons. The number of aromatic amines is 1. The number of hydrazone groups is 1. The molecule has 1 amide bonds. The van der Waals surface area contributed by atoms with Crippen LogP contribution in [0.4, 0.5) is 0 Å². The SMILES string of the molecule is Cc1[nH]n(-c2ccccc2)c(=O)c1/C=N\NC(=O)CSc1c(Cl)c(Cl)c(Cl)c(Cl)c1Cl. The van der Waals surface area contributed by atoms with Crippen molar-refractivity contribution in [1.82, 2.24) is 15.2 Å². The average Bonchev–Trinajstić information content (AvgIpc) is 3.05. The van der Waals surface area contributed by atoms with Gasteiger partial charge < -0.3 is 0 Å². The maximum absolute atomic E-state index is 12.6. The molecule has 0 aliphatic heterocycles. The standard InChI is InChI=1S/C19H13Cl5N4O2S/c1-9-11(19(30)28(27-9)10-5-3-2-4-6-10)7-25-26-12(29)8-31-18-16(23)14(21)13(20)15(22)17(18)24/h2-7,27H,8H2,1H3,(H,26,29)/b25-7-. The molecule has 0 bridgehead atoms. The van der Waals surface area contributed by atoms with Gasteiger partial charge in [0.15, 0.2) is 0 Å². The molecule has 2 N–H and O–H groups in total. The highest BCUT2D eigenvalue weighted by atomic mass is 35.5. The topological polar surface area (TPSA) is 79.2 Å². The molecule has 0 fully saturated rings. The van der Waals surface area contributed by atoms with Crippen molar-refractivity contribution in [3.63, 3.8) is 0 Å². The molecule has 162 valence electrons. The van der Waals surface area contributed by atoms with Gasteiger partial charge in [0.25, 0.3) is 5.56 Å². The Balaban J connectivity index is 1.68. The fourth-order valence-electron chi connectivity index (χ4n) is 2.52. The number of nitrogens with one attached hydrogen (secondary N) is 2. The van der Waals surface area contributed by atoms with E-state index in [1.54, 1.807) is 19.1 Å². The highest BCUT2D eigenvalue weighted by Gasteiger charge is 2.20. The quantitative estimate of drug-likeness (QED) is 0.133. The Morgan fingerprint density at radius 3 is 2.26 bits per heavy atom. The summed E-state index contributed by atoms with van der Waals surface area (Å²) in [6.07, 6.45) is 1.28. The van der Waals surface area contributed by atoms with Gasteiger partial charge in [0.1, 0.15) is 0 Å². The number of carbonyl (C=O) groups is 1. The van der Waals surface area contributed by atoms with Crippen LogP contribution in [0.2, 0.25) is 25.1 Å². The van der Waals surface area contributed by atoms with E-state index in [1.807, 2.05) is 18.2 Å². The van der Waals surface area contributed by atoms with Gasteiger partial charge in [0.05, 0.1) is 48.3 Å². The highest BCUT2D eigenvalue weighted by molar-refractivity contribution is 8.00. The van der Waals surface area contributed by atoms with E-state index in [9.17, 15) is 9.59 Å². The van der Waals surface area contributed by atoms with Gasteiger partial charge in [0.2, 0.25) is 5.91 Å². The first kappa shape index (κ1) is 24.0. The Labute approximate surface area is 206 Å². The van der Waals surface area contributed by atoms with Crippen LogP contribution in [0, 0.1) is 6.92 Å². The molecule has 12 heteroatoms. The second-order valence-corrected chi connectivity index (χ2v) is 8.98. The van der Waals surface area contributed by atoms with Gasteiger partial charge in [-0.15, -0.1) is 11.8 Å². The van der Waals surface area contributed by atoms with Crippen LogP contribution in [-0.2, 0) is 4.79 Å². The number of carbonyl (C=O) groups excluding carboxylic acids is 1. The van der Waals surface area contributed by atoms with E-state index in [1.165, 1.54) is 10.9 Å². The van der Waals surface area contributed by atoms with Crippen molar-refractivity contribution in [1.29, 1.82) is 0 Å². The molecule has 0 aliphatic rings. The number of aromatic nitrogens is 2. The number of rotatable bonds is 6. The first-order chi connectivity index (χ1) is 14.7. The monoisotopic (exact) mass is 536 g/mol. The maximum atomic E-state index is 12.6. The Kier molecular flexibility index (Phi) is 8.02. The van der Waals surface area contributed by atoms with Crippen molar-refractivity contribution in [2.24, 2.45) is 5.10 Å². The van der Waals surface area contributed by atoms with E-state index in [-0.39, 0.29) is 36.4 Å². The van der Waals surface area contributed by atoms with Crippen LogP contribution < -0.4 is 11.0 Å². The number of hydrogen-bond donors (Lipinski definition) is 2. The second kappa shape index (κ2) is 10.3. The molecule has 0 saturated carbocycles. The van der Waals surface area contributed by atoms with E-state index in [2.05, 4.69) is 15.6 Å². The predicted molar refractivity (Wildman–Crippen MR) is 129 cm³/mol. The molecule has 31 heavy (non-hydrogen) atoms. The van der Waals surface area contributed by atoms with Gasteiger partial charge in [-0.25, -0.2) is 10.1 Å². The van der Waals surface area contributed by atoms with Gasteiger partial charge >= 0.3 is 0 Å². The Morgan fingerprint density at radius 2 is 1.65 bits per heavy atom. The predicted octanol–water partition coefficient (Wildman–Crippen LogP) is 5.98. The van der Waals surface area contributed by atoms with Crippen molar-refractivity contribution >= 4 is 81.9 Å². The van der Waals surface area contributed by atoms with Crippen molar-refractivity contribution in [3.8, 4) is 5.69 Å². The van der Waals surface area contributed by atoms with Crippen LogP contribution in [0.15, 0.2) is 45.1 Å². The van der Waals surface area contributed by atoms with Gasteiger partial charge in [-0.05, 0) is 19.1 Å². The molecule has 1 heterocycles. The number of amides is 1. The summed E-state index contributed by atoms with van der Waals surface area (Å²) in [5.41, 5.74) is 3.67. The maximum Gasteiger partial charge on any atom is 0.280 e. The minimum absolute atomic E-state index is 0.0415. The number of aryl methyl sites for hydroxylation is 1. The molecule has 0 aliphatic carbocycles. The van der Waals surface area contributed by atoms with Crippen LogP contribution in [0.3, 0.4) is 0 Å². The summed E-state index contributed by atoms with van der Waals surface area (Å²) >= 11 is 31.3. The van der Waals surface area contributed by atoms with Gasteiger partial charge in [-0.1, -0.05) is 76.2 Å². The minimum Gasteiger partial charge on any atom is -0.295 e. The molecule has 0 unspecified atom stereocenters. The van der Waals surface area contributed by atoms with Crippen LogP contribution in [-0.4, -0.2) is 27.7 Å². The van der Waals surface area contributed by atoms with Crippen LogP contribution in [0.25, 0.3) is 5.69 Å². The minimum atomic E-state index is -0.452. The van der Waals surface area contributed by atoms with Gasteiger partial charge in [0, 0.05) is 10.6 Å². The molecular formula is C19H13Cl5N4O2S. The summed E-state index contributed by atoms with van der Waals surface area (Å²) < 4.78 is 1.40. The zero-order chi connectivity index (χ0) is 22.7. The van der Waals surface area contributed by atoms with Crippen molar-refractivity contribution in [3.05, 3.63) is 77.1 Å². The summed E-state index contributed by atoms with van der Waals surface area (Å²) in [6, 6.07) is 9.09. The average molecular weight is 539 g/mol. The molecule has 3 aromatic rings. The Bertz CT molecular complexity index is 1200. The fraction of sp³-hybridized carbons (Fsp3) is 0.105. The van der Waals surface area contributed by atoms with Crippen molar-refractivity contribution in [2.45, 2.75) is 11.8 Å². The fourth-order valence-corrected chi connectivity index (χ4v) is 4.90. The molecule has 2 aromatic carbocycles. The molecule has 0 spiro atoms. The lowest BCUT2D eigenvalue weighted by molar-refractivity contribution is -0.118. The smallest absolute Gasteiger partial charge is 0.280 e. The van der Waals surface area contributed by atoms with Crippen molar-refractivity contribution in [2.75, 3.05) is 5.75 Å². The highest BCUT2D eigenvalue weighted by Crippen LogP contribution is 2.47. The number of H-pyrrole nitrogens is 1. The van der Waals surface area contributed by atoms with E-state index < -0.39 is 5.91 Å². The largest absolute Gasteiger partial charge is 0.295 e. The summed E-state index contributed by atoms with van der Waals surface area (Å²) in [5.74, 6) is -0.530. The first-order valence-electron chi connectivity index (χ1n) is 8.55. The molecular weight excluding hydrogens is 526 g/mol. The number of thioether (sulfide) groups is 1. The lowest BCUT2D eigenvalue weighted by Gasteiger charge is -2.11.